The molecular weight excluding hydrogens is 218 g/mol. The van der Waals surface area contributed by atoms with Gasteiger partial charge >= 0.3 is 0 Å². The van der Waals surface area contributed by atoms with Gasteiger partial charge < -0.3 is 10.2 Å². The third-order valence-corrected chi connectivity index (χ3v) is 2.95. The highest BCUT2D eigenvalue weighted by Crippen LogP contribution is 2.24. The van der Waals surface area contributed by atoms with Gasteiger partial charge in [-0.05, 0) is 24.4 Å². The minimum atomic E-state index is 0.0885. The van der Waals surface area contributed by atoms with Gasteiger partial charge in [0, 0.05) is 6.07 Å². The van der Waals surface area contributed by atoms with Crippen LogP contribution in [0, 0.1) is 3.95 Å². The van der Waals surface area contributed by atoms with Gasteiger partial charge in [-0.3, -0.25) is 4.57 Å². The zero-order valence-electron chi connectivity index (χ0n) is 7.04. The third kappa shape index (κ3) is 1.51. The Balaban J connectivity index is 2.66. The van der Waals surface area contributed by atoms with Crippen molar-refractivity contribution in [3.05, 3.63) is 33.6 Å². The lowest BCUT2D eigenvalue weighted by Crippen LogP contribution is -1.91. The summed E-state index contributed by atoms with van der Waals surface area (Å²) in [5.41, 5.74) is 0.661. The Morgan fingerprint density at radius 2 is 2.07 bits per heavy atom. The van der Waals surface area contributed by atoms with Crippen LogP contribution in [0.1, 0.15) is 0 Å². The molecule has 0 radical (unpaired) electrons. The van der Waals surface area contributed by atoms with E-state index < -0.39 is 0 Å². The second-order valence-corrected chi connectivity index (χ2v) is 4.22. The van der Waals surface area contributed by atoms with Crippen molar-refractivity contribution in [2.24, 2.45) is 0 Å². The van der Waals surface area contributed by atoms with Crippen LogP contribution in [-0.2, 0) is 0 Å². The van der Waals surface area contributed by atoms with E-state index in [1.54, 1.807) is 29.6 Å². The smallest absolute Gasteiger partial charge is 0.207 e. The molecule has 2 rings (SSSR count). The average molecular weight is 225 g/mol. The summed E-state index contributed by atoms with van der Waals surface area (Å²) < 4.78 is 2.05. The van der Waals surface area contributed by atoms with Crippen LogP contribution < -0.4 is 0 Å². The topological polar surface area (TPSA) is 45.4 Å². The van der Waals surface area contributed by atoms with Gasteiger partial charge in [0.1, 0.15) is 5.75 Å². The lowest BCUT2D eigenvalue weighted by molar-refractivity contribution is 0.441. The summed E-state index contributed by atoms with van der Waals surface area (Å²) in [7, 11) is 0. The minimum absolute atomic E-state index is 0.0885. The Bertz CT molecular complexity index is 516. The molecule has 0 bridgehead atoms. The van der Waals surface area contributed by atoms with Crippen LogP contribution in [0.25, 0.3) is 5.69 Å². The predicted molar refractivity (Wildman–Crippen MR) is 57.8 cm³/mol. The third-order valence-electron chi connectivity index (χ3n) is 1.76. The first-order valence-electron chi connectivity index (χ1n) is 3.87. The minimum Gasteiger partial charge on any atom is -0.508 e. The van der Waals surface area contributed by atoms with Crippen LogP contribution in [0.3, 0.4) is 0 Å². The first-order valence-corrected chi connectivity index (χ1v) is 5.16. The monoisotopic (exact) mass is 225 g/mol. The van der Waals surface area contributed by atoms with Crippen molar-refractivity contribution < 1.29 is 10.2 Å². The number of aromatic hydroxyl groups is 2. The van der Waals surface area contributed by atoms with Crippen molar-refractivity contribution in [1.82, 2.24) is 4.57 Å². The second-order valence-electron chi connectivity index (χ2n) is 2.72. The van der Waals surface area contributed by atoms with Gasteiger partial charge in [0.25, 0.3) is 0 Å². The maximum absolute atomic E-state index is 9.50. The molecular formula is C9H7NO2S2. The van der Waals surface area contributed by atoms with E-state index in [9.17, 15) is 10.2 Å². The normalized spacial score (nSPS) is 10.3. The number of rotatable bonds is 1. The summed E-state index contributed by atoms with van der Waals surface area (Å²) in [5, 5.41) is 20.3. The fourth-order valence-corrected chi connectivity index (χ4v) is 2.13. The Morgan fingerprint density at radius 3 is 2.64 bits per heavy atom. The molecule has 2 N–H and O–H groups in total. The molecule has 0 fully saturated rings. The average Bonchev–Trinajstić information content (AvgIpc) is 2.46. The molecule has 0 saturated carbocycles. The molecule has 5 heteroatoms. The van der Waals surface area contributed by atoms with Gasteiger partial charge in [-0.25, -0.2) is 0 Å². The molecule has 0 aliphatic rings. The fourth-order valence-electron chi connectivity index (χ4n) is 1.17. The summed E-state index contributed by atoms with van der Waals surface area (Å²) in [6, 6.07) is 6.57. The van der Waals surface area contributed by atoms with Crippen molar-refractivity contribution in [1.29, 1.82) is 0 Å². The first-order chi connectivity index (χ1) is 6.68. The molecule has 0 aliphatic heterocycles. The second kappa shape index (κ2) is 3.43. The van der Waals surface area contributed by atoms with Crippen LogP contribution >= 0.6 is 23.6 Å². The van der Waals surface area contributed by atoms with E-state index in [0.29, 0.717) is 9.64 Å². The molecule has 0 saturated heterocycles. The molecule has 1 aromatic carbocycles. The van der Waals surface area contributed by atoms with Crippen LogP contribution in [0.5, 0.6) is 11.6 Å². The van der Waals surface area contributed by atoms with Crippen LogP contribution in [0.2, 0.25) is 0 Å². The van der Waals surface area contributed by atoms with Gasteiger partial charge in [0.05, 0.1) is 11.1 Å². The van der Waals surface area contributed by atoms with E-state index in [1.807, 2.05) is 0 Å². The summed E-state index contributed by atoms with van der Waals surface area (Å²) in [5.74, 6) is 0.237. The van der Waals surface area contributed by atoms with E-state index in [1.165, 1.54) is 15.9 Å². The Labute approximate surface area is 89.5 Å². The quantitative estimate of drug-likeness (QED) is 0.733. The molecule has 0 amide bonds. The molecule has 1 heterocycles. The Kier molecular flexibility index (Phi) is 2.26. The van der Waals surface area contributed by atoms with E-state index in [0.717, 1.165) is 0 Å². The van der Waals surface area contributed by atoms with Crippen molar-refractivity contribution in [2.45, 2.75) is 0 Å². The number of nitrogens with zero attached hydrogens (tertiary/aromatic N) is 1. The van der Waals surface area contributed by atoms with E-state index >= 15 is 0 Å². The molecule has 0 aliphatic carbocycles. The summed E-state index contributed by atoms with van der Waals surface area (Å²) in [4.78, 5) is 0. The Hall–Kier alpha value is -1.33. The van der Waals surface area contributed by atoms with E-state index in [-0.39, 0.29) is 11.6 Å². The zero-order chi connectivity index (χ0) is 10.1. The number of benzene rings is 1. The highest BCUT2D eigenvalue weighted by Gasteiger charge is 2.04. The van der Waals surface area contributed by atoms with Gasteiger partial charge in [-0.15, -0.1) is 11.3 Å². The molecule has 0 spiro atoms. The summed E-state index contributed by atoms with van der Waals surface area (Å²) in [6.45, 7) is 0. The van der Waals surface area contributed by atoms with Crippen molar-refractivity contribution >= 4 is 23.6 Å². The van der Waals surface area contributed by atoms with Crippen molar-refractivity contribution in [3.63, 3.8) is 0 Å². The molecule has 1 aromatic heterocycles. The molecule has 2 aromatic rings. The number of hydrogen-bond acceptors (Lipinski definition) is 4. The van der Waals surface area contributed by atoms with Gasteiger partial charge in [-0.2, -0.15) is 0 Å². The largest absolute Gasteiger partial charge is 0.508 e. The maximum atomic E-state index is 9.50. The van der Waals surface area contributed by atoms with Crippen molar-refractivity contribution in [3.8, 4) is 17.3 Å². The summed E-state index contributed by atoms with van der Waals surface area (Å²) in [6.07, 6.45) is 0. The SMILES string of the molecule is Oc1cccc(-n2c(O)csc2=S)c1. The van der Waals surface area contributed by atoms with Gasteiger partial charge in [-0.1, -0.05) is 6.07 Å². The molecule has 3 nitrogen and oxygen atoms in total. The number of hydrogen-bond donors (Lipinski definition) is 2. The maximum Gasteiger partial charge on any atom is 0.207 e. The standard InChI is InChI=1S/C9H7NO2S2/c11-7-3-1-2-6(4-7)10-8(12)5-14-9(10)13/h1-5,11-12H. The molecule has 0 unspecified atom stereocenters. The molecule has 72 valence electrons. The first kappa shape index (κ1) is 9.23. The lowest BCUT2D eigenvalue weighted by Gasteiger charge is -2.03. The highest BCUT2D eigenvalue weighted by atomic mass is 32.1. The summed E-state index contributed by atoms with van der Waals surface area (Å²) >= 11 is 6.32. The Morgan fingerprint density at radius 1 is 1.29 bits per heavy atom. The van der Waals surface area contributed by atoms with Crippen molar-refractivity contribution in [2.75, 3.05) is 0 Å². The number of phenols is 1. The number of thiazole rings is 1. The number of phenolic OH excluding ortho intramolecular Hbond substituents is 1. The van der Waals surface area contributed by atoms with Gasteiger partial charge in [0.2, 0.25) is 5.88 Å². The molecule has 0 atom stereocenters. The molecule has 14 heavy (non-hydrogen) atoms. The number of aromatic nitrogens is 1. The zero-order valence-corrected chi connectivity index (χ0v) is 8.68. The highest BCUT2D eigenvalue weighted by molar-refractivity contribution is 7.73. The van der Waals surface area contributed by atoms with Crippen LogP contribution in [-0.4, -0.2) is 14.8 Å². The van der Waals surface area contributed by atoms with Crippen LogP contribution in [0.15, 0.2) is 29.6 Å². The van der Waals surface area contributed by atoms with E-state index in [4.69, 9.17) is 12.2 Å². The fraction of sp³-hybridized carbons (Fsp3) is 0. The van der Waals surface area contributed by atoms with E-state index in [2.05, 4.69) is 0 Å². The van der Waals surface area contributed by atoms with Gasteiger partial charge in [0.15, 0.2) is 3.95 Å². The van der Waals surface area contributed by atoms with Crippen LogP contribution in [0.4, 0.5) is 0 Å². The predicted octanol–water partition coefficient (Wildman–Crippen LogP) is 2.68. The lowest BCUT2D eigenvalue weighted by atomic mass is 10.3.